The third-order valence-electron chi connectivity index (χ3n) is 4.14. The molecule has 0 bridgehead atoms. The fourth-order valence-corrected chi connectivity index (χ4v) is 2.54. The highest BCUT2D eigenvalue weighted by molar-refractivity contribution is 5.92. The fraction of sp³-hybridized carbons (Fsp3) is 0.381. The number of anilines is 1. The molecule has 0 spiro atoms. The minimum atomic E-state index is -0.0386. The molecule has 4 heteroatoms. The van der Waals surface area contributed by atoms with Crippen LogP contribution in [0.1, 0.15) is 38.3 Å². The van der Waals surface area contributed by atoms with E-state index in [0.29, 0.717) is 30.0 Å². The first-order valence-corrected chi connectivity index (χ1v) is 8.45. The zero-order valence-electron chi connectivity index (χ0n) is 15.7. The molecule has 0 atom stereocenters. The highest BCUT2D eigenvalue weighted by atomic mass is 16.5. The van der Waals surface area contributed by atoms with Gasteiger partial charge in [-0.25, -0.2) is 0 Å². The molecule has 0 aliphatic carbocycles. The maximum Gasteiger partial charge on any atom is 0.224 e. The first-order valence-electron chi connectivity index (χ1n) is 8.45. The Balaban J connectivity index is 1.95. The van der Waals surface area contributed by atoms with Gasteiger partial charge in [0.05, 0.1) is 19.9 Å². The number of benzene rings is 2. The lowest BCUT2D eigenvalue weighted by Gasteiger charge is -2.19. The van der Waals surface area contributed by atoms with Crippen LogP contribution in [-0.2, 0) is 16.6 Å². The van der Waals surface area contributed by atoms with Gasteiger partial charge in [-0.15, -0.1) is 0 Å². The zero-order chi connectivity index (χ0) is 18.4. The molecule has 2 aromatic rings. The smallest absolute Gasteiger partial charge is 0.224 e. The molecule has 0 fully saturated rings. The van der Waals surface area contributed by atoms with E-state index in [1.807, 2.05) is 0 Å². The summed E-state index contributed by atoms with van der Waals surface area (Å²) in [7, 11) is 3.17. The van der Waals surface area contributed by atoms with Gasteiger partial charge in [-0.3, -0.25) is 4.79 Å². The van der Waals surface area contributed by atoms with E-state index in [1.54, 1.807) is 32.4 Å². The summed E-state index contributed by atoms with van der Waals surface area (Å²) in [6.45, 7) is 6.58. The number of aryl methyl sites for hydroxylation is 1. The second-order valence-corrected chi connectivity index (χ2v) is 7.06. The Bertz CT molecular complexity index is 715. The lowest BCUT2D eigenvalue weighted by atomic mass is 9.86. The molecule has 4 nitrogen and oxygen atoms in total. The molecule has 0 aromatic heterocycles. The van der Waals surface area contributed by atoms with Gasteiger partial charge in [-0.05, 0) is 35.1 Å². The molecule has 2 aromatic carbocycles. The summed E-state index contributed by atoms with van der Waals surface area (Å²) in [6, 6.07) is 13.8. The van der Waals surface area contributed by atoms with E-state index in [0.717, 1.165) is 5.56 Å². The largest absolute Gasteiger partial charge is 0.497 e. The summed E-state index contributed by atoms with van der Waals surface area (Å²) in [4.78, 5) is 12.2. The molecule has 0 saturated heterocycles. The number of hydrogen-bond acceptors (Lipinski definition) is 3. The first-order chi connectivity index (χ1) is 11.8. The Morgan fingerprint density at radius 3 is 2.24 bits per heavy atom. The lowest BCUT2D eigenvalue weighted by molar-refractivity contribution is -0.116. The summed E-state index contributed by atoms with van der Waals surface area (Å²) < 4.78 is 10.5. The third kappa shape index (κ3) is 5.24. The maximum absolute atomic E-state index is 12.2. The van der Waals surface area contributed by atoms with E-state index in [9.17, 15) is 4.79 Å². The predicted octanol–water partition coefficient (Wildman–Crippen LogP) is 4.57. The van der Waals surface area contributed by atoms with Gasteiger partial charge in [0, 0.05) is 12.5 Å². The maximum atomic E-state index is 12.2. The second kappa shape index (κ2) is 8.06. The monoisotopic (exact) mass is 341 g/mol. The zero-order valence-corrected chi connectivity index (χ0v) is 15.7. The van der Waals surface area contributed by atoms with E-state index in [-0.39, 0.29) is 11.3 Å². The average Bonchev–Trinajstić information content (AvgIpc) is 2.60. The van der Waals surface area contributed by atoms with Gasteiger partial charge in [0.15, 0.2) is 0 Å². The summed E-state index contributed by atoms with van der Waals surface area (Å²) in [5, 5.41) is 2.90. The number of amides is 1. The van der Waals surface area contributed by atoms with Crippen LogP contribution in [0.3, 0.4) is 0 Å². The van der Waals surface area contributed by atoms with Crippen LogP contribution in [0, 0.1) is 0 Å². The van der Waals surface area contributed by atoms with E-state index < -0.39 is 0 Å². The first kappa shape index (κ1) is 18.8. The number of carbonyl (C=O) groups excluding carboxylic acids is 1. The van der Waals surface area contributed by atoms with E-state index in [4.69, 9.17) is 9.47 Å². The van der Waals surface area contributed by atoms with Crippen molar-refractivity contribution >= 4 is 11.6 Å². The Kier molecular flexibility index (Phi) is 6.07. The third-order valence-corrected chi connectivity index (χ3v) is 4.14. The molecule has 25 heavy (non-hydrogen) atoms. The van der Waals surface area contributed by atoms with E-state index >= 15 is 0 Å². The molecule has 1 amide bonds. The molecular formula is C21H27NO3. The summed E-state index contributed by atoms with van der Waals surface area (Å²) in [5.74, 6) is 1.24. The number of carbonyl (C=O) groups is 1. The SMILES string of the molecule is COc1ccc(NC(=O)CCc2ccc(C(C)(C)C)cc2)c(OC)c1. The van der Waals surface area contributed by atoms with Crippen molar-refractivity contribution in [2.24, 2.45) is 0 Å². The topological polar surface area (TPSA) is 47.6 Å². The van der Waals surface area contributed by atoms with Gasteiger partial charge in [0.25, 0.3) is 0 Å². The molecule has 1 N–H and O–H groups in total. The quantitative estimate of drug-likeness (QED) is 0.837. The van der Waals surface area contributed by atoms with Crippen LogP contribution in [0.2, 0.25) is 0 Å². The summed E-state index contributed by atoms with van der Waals surface area (Å²) in [6.07, 6.45) is 1.12. The number of nitrogens with one attached hydrogen (secondary N) is 1. The van der Waals surface area contributed by atoms with Crippen molar-refractivity contribution in [2.75, 3.05) is 19.5 Å². The minimum absolute atomic E-state index is 0.0386. The summed E-state index contributed by atoms with van der Waals surface area (Å²) >= 11 is 0. The van der Waals surface area contributed by atoms with Crippen LogP contribution in [0.25, 0.3) is 0 Å². The Morgan fingerprint density at radius 1 is 1.00 bits per heavy atom. The van der Waals surface area contributed by atoms with Crippen LogP contribution in [0.15, 0.2) is 42.5 Å². The molecule has 0 unspecified atom stereocenters. The van der Waals surface area contributed by atoms with E-state index in [1.165, 1.54) is 5.56 Å². The van der Waals surface area contributed by atoms with E-state index in [2.05, 4.69) is 50.4 Å². The van der Waals surface area contributed by atoms with Gasteiger partial charge in [-0.1, -0.05) is 45.0 Å². The van der Waals surface area contributed by atoms with Crippen LogP contribution in [0.4, 0.5) is 5.69 Å². The van der Waals surface area contributed by atoms with Gasteiger partial charge in [0.2, 0.25) is 5.91 Å². The molecule has 2 rings (SSSR count). The van der Waals surface area contributed by atoms with Crippen molar-refractivity contribution in [3.8, 4) is 11.5 Å². The number of ether oxygens (including phenoxy) is 2. The Hall–Kier alpha value is -2.49. The van der Waals surface area contributed by atoms with Gasteiger partial charge >= 0.3 is 0 Å². The average molecular weight is 341 g/mol. The second-order valence-electron chi connectivity index (χ2n) is 7.06. The van der Waals surface area contributed by atoms with Crippen LogP contribution in [0.5, 0.6) is 11.5 Å². The van der Waals surface area contributed by atoms with Crippen LogP contribution in [-0.4, -0.2) is 20.1 Å². The molecule has 134 valence electrons. The lowest BCUT2D eigenvalue weighted by Crippen LogP contribution is -2.13. The molecule has 0 saturated carbocycles. The molecule has 0 radical (unpaired) electrons. The standard InChI is InChI=1S/C21H27NO3/c1-21(2,3)16-9-6-15(7-10-16)8-13-20(23)22-18-12-11-17(24-4)14-19(18)25-5/h6-7,9-12,14H,8,13H2,1-5H3,(H,22,23). The minimum Gasteiger partial charge on any atom is -0.497 e. The number of rotatable bonds is 6. The van der Waals surface area contributed by atoms with Crippen molar-refractivity contribution in [1.82, 2.24) is 0 Å². The molecule has 0 heterocycles. The molecule has 0 aliphatic rings. The molecule has 0 aliphatic heterocycles. The number of hydrogen-bond donors (Lipinski definition) is 1. The fourth-order valence-electron chi connectivity index (χ4n) is 2.54. The van der Waals surface area contributed by atoms with Gasteiger partial charge in [0.1, 0.15) is 11.5 Å². The van der Waals surface area contributed by atoms with Crippen molar-refractivity contribution in [3.63, 3.8) is 0 Å². The highest BCUT2D eigenvalue weighted by Gasteiger charge is 2.13. The van der Waals surface area contributed by atoms with Gasteiger partial charge < -0.3 is 14.8 Å². The predicted molar refractivity (Wildman–Crippen MR) is 102 cm³/mol. The summed E-state index contributed by atoms with van der Waals surface area (Å²) in [5.41, 5.74) is 3.24. The van der Waals surface area contributed by atoms with Crippen molar-refractivity contribution in [3.05, 3.63) is 53.6 Å². The Labute approximate surface area is 150 Å². The van der Waals surface area contributed by atoms with Crippen molar-refractivity contribution in [1.29, 1.82) is 0 Å². The van der Waals surface area contributed by atoms with Crippen LogP contribution < -0.4 is 14.8 Å². The molecular weight excluding hydrogens is 314 g/mol. The van der Waals surface area contributed by atoms with Gasteiger partial charge in [-0.2, -0.15) is 0 Å². The number of methoxy groups -OCH3 is 2. The van der Waals surface area contributed by atoms with Crippen LogP contribution >= 0.6 is 0 Å². The Morgan fingerprint density at radius 2 is 1.68 bits per heavy atom. The van der Waals surface area contributed by atoms with Crippen molar-refractivity contribution < 1.29 is 14.3 Å². The normalized spacial score (nSPS) is 11.1. The van der Waals surface area contributed by atoms with Crippen molar-refractivity contribution in [2.45, 2.75) is 39.0 Å². The highest BCUT2D eigenvalue weighted by Crippen LogP contribution is 2.29.